The fourth-order valence-corrected chi connectivity index (χ4v) is 18.7. The smallest absolute Gasteiger partial charge is 0.364 e. The van der Waals surface area contributed by atoms with Gasteiger partial charge in [0.25, 0.3) is 11.6 Å². The first-order valence-electron chi connectivity index (χ1n) is 49.7. The lowest BCUT2D eigenvalue weighted by atomic mass is 9.87. The van der Waals surface area contributed by atoms with Crippen LogP contribution in [0.5, 0.6) is 0 Å². The van der Waals surface area contributed by atoms with E-state index in [1.165, 1.54) is 109 Å². The molecular weight excluding hydrogens is 1860 g/mol. The van der Waals surface area contributed by atoms with E-state index in [0.717, 1.165) is 91.4 Å². The van der Waals surface area contributed by atoms with Crippen LogP contribution in [0.1, 0.15) is 240 Å². The lowest BCUT2D eigenvalue weighted by Gasteiger charge is -2.53. The minimum absolute atomic E-state index is 0.0659. The monoisotopic (exact) mass is 2030 g/mol. The number of carbonyl (C=O) groups excluding carboxylic acids is 4. The van der Waals surface area contributed by atoms with Crippen molar-refractivity contribution in [2.75, 3.05) is 52.9 Å². The normalized spacial score (nSPS) is 36.3. The Balaban J connectivity index is 1.21. The van der Waals surface area contributed by atoms with Crippen molar-refractivity contribution in [3.05, 3.63) is 12.2 Å². The highest BCUT2D eigenvalue weighted by molar-refractivity contribution is 5.78. The molecule has 814 valence electrons. The summed E-state index contributed by atoms with van der Waals surface area (Å²) < 4.78 is 84.2. The number of nitrogens with one attached hydrogen (secondary N) is 4. The number of amides is 4. The van der Waals surface area contributed by atoms with Crippen molar-refractivity contribution in [2.45, 2.75) is 478 Å². The Hall–Kier alpha value is -4.88. The van der Waals surface area contributed by atoms with Crippen LogP contribution in [0.15, 0.2) is 12.2 Å². The Morgan fingerprint density at radius 3 is 1.24 bits per heavy atom. The number of aliphatic hydroxyl groups excluding tert-OH is 22. The van der Waals surface area contributed by atoms with Crippen LogP contribution in [0.3, 0.4) is 0 Å². The van der Waals surface area contributed by atoms with Crippen LogP contribution in [0.4, 0.5) is 0 Å². The lowest BCUT2D eigenvalue weighted by molar-refractivity contribution is -0.405. The van der Waals surface area contributed by atoms with Crippen molar-refractivity contribution in [3.8, 4) is 0 Å². The van der Waals surface area contributed by atoms with E-state index in [1.807, 2.05) is 0 Å². The molecule has 7 fully saturated rings. The summed E-state index contributed by atoms with van der Waals surface area (Å²) >= 11 is 0. The molecule has 4 amide bonds. The third kappa shape index (κ3) is 34.9. The van der Waals surface area contributed by atoms with Gasteiger partial charge in [0, 0.05) is 40.0 Å². The highest BCUT2D eigenvalue weighted by Crippen LogP contribution is 2.44. The molecule has 0 aromatic rings. The number of allylic oxidation sites excluding steroid dienone is 1. The summed E-state index contributed by atoms with van der Waals surface area (Å²) in [5.74, 6) is -15.3. The lowest BCUT2D eigenvalue weighted by Crippen LogP contribution is -2.73. The van der Waals surface area contributed by atoms with E-state index in [-0.39, 0.29) is 6.42 Å². The quantitative estimate of drug-likeness (QED) is 0.0200. The van der Waals surface area contributed by atoms with Gasteiger partial charge in [0.2, 0.25) is 23.6 Å². The van der Waals surface area contributed by atoms with E-state index in [9.17, 15) is 151 Å². The van der Waals surface area contributed by atoms with Gasteiger partial charge in [-0.1, -0.05) is 193 Å². The molecule has 0 spiro atoms. The molecule has 0 aliphatic carbocycles. The zero-order valence-electron chi connectivity index (χ0n) is 80.7. The summed E-state index contributed by atoms with van der Waals surface area (Å²) in [6.45, 7) is -2.44. The molecule has 0 aromatic heterocycles. The van der Waals surface area contributed by atoms with Gasteiger partial charge in [0.05, 0.1) is 89.3 Å². The first kappa shape index (κ1) is 122. The Morgan fingerprint density at radius 2 is 0.764 bits per heavy atom. The summed E-state index contributed by atoms with van der Waals surface area (Å²) in [5.41, 5.74) is 0. The molecule has 0 saturated carbocycles. The number of hydrogen-bond donors (Lipinski definition) is 28. The van der Waals surface area contributed by atoms with Crippen LogP contribution in [0.2, 0.25) is 0 Å². The summed E-state index contributed by atoms with van der Waals surface area (Å²) in [7, 11) is 0. The molecule has 7 aliphatic heterocycles. The van der Waals surface area contributed by atoms with E-state index in [4.69, 9.17) is 66.3 Å². The molecule has 14 unspecified atom stereocenters. The predicted octanol–water partition coefficient (Wildman–Crippen LogP) is -5.26. The molecule has 0 bridgehead atoms. The third-order valence-corrected chi connectivity index (χ3v) is 26.7. The summed E-state index contributed by atoms with van der Waals surface area (Å²) in [6.07, 6.45) is -42.0. The van der Waals surface area contributed by atoms with Crippen LogP contribution in [-0.2, 0) is 95.1 Å². The molecular formula is C92H162N4O44. The zero-order chi connectivity index (χ0) is 103. The van der Waals surface area contributed by atoms with Gasteiger partial charge in [0.15, 0.2) is 31.5 Å². The molecule has 0 radical (unpaired) electrons. The van der Waals surface area contributed by atoms with E-state index in [1.54, 1.807) is 6.08 Å². The molecule has 48 nitrogen and oxygen atoms in total. The standard InChI is InChI=1S/C92H162N4O44/c1-6-8-10-12-14-16-18-20-21-22-23-25-27-29-31-33-35-37-62(111)96-51(52(107)36-34-32-30-28-26-24-19-17-15-13-11-9-7-2)47-127-85-74(120)72(118)77(60(45-102)131-85)133-88-76(122)83(140-92(90(125)126)39-54(109)64(94-49(4)105)81(139-92)70(116)59(44-101)137-91(89(123)124)38-53(108)63(93-48(3)104)80(138-91)66(112)55(110)40-97)78(61(46-103)132-88)134-84-65(95-50(5)106)79(68(114)57(42-99)128-84)135-87-75(121)82(69(115)58(43-100)130-87)136-86-73(119)71(117)67(113)56(41-98)129-86/h34,36,51-61,63-88,97-103,107-110,112-122H,6-33,35,37-47H2,1-5H3,(H,93,104)(H,94,105)(H,95,106)(H,96,111)(H,123,124)(H,125,126)/b36-34+/t51-,52+,53?,54?,55+,56?,57?,58?,59+,60?,61?,63+,64+,65?,66+,67-,68-,69-,70+,71-,72+,73?,74?,75?,76?,77+,78-,79+,80?,81?,82-,83+,84-,85+,86+,87-,88-,91+,92-/m0/s1. The highest BCUT2D eigenvalue weighted by Gasteiger charge is 2.65. The topological polar surface area (TPSA) is 765 Å². The average molecular weight is 2030 g/mol. The zero-order valence-corrected chi connectivity index (χ0v) is 80.7. The minimum atomic E-state index is -3.75. The summed E-state index contributed by atoms with van der Waals surface area (Å²) in [5, 5.41) is 283. The van der Waals surface area contributed by atoms with E-state index in [2.05, 4.69) is 35.1 Å². The largest absolute Gasteiger partial charge is 0.477 e. The van der Waals surface area contributed by atoms with Crippen molar-refractivity contribution in [1.82, 2.24) is 21.3 Å². The first-order chi connectivity index (χ1) is 66.8. The maximum atomic E-state index is 14.6. The van der Waals surface area contributed by atoms with E-state index in [0.29, 0.717) is 12.8 Å². The number of hydrogen-bond acceptors (Lipinski definition) is 42. The van der Waals surface area contributed by atoms with Crippen LogP contribution in [-0.4, -0.2) is 449 Å². The van der Waals surface area contributed by atoms with Gasteiger partial charge in [-0.15, -0.1) is 0 Å². The number of carboxylic acid groups (broad SMARTS) is 2. The number of aliphatic hydroxyl groups is 22. The SMILES string of the molecule is CCCCCCCCCCCCC/C=C/[C@@H](O)[C@H](CO[C@@H]1OC(CO)[C@@H](O[C@@H]2OC(CO)[C@H](O[C@@H]3OC(CO)[C@H](O)[C@H](O[C@@H]4OC(CO)[C@H](O)[C@H](O[C@H]5OC(CO)[C@H](O)[C@H](O)C5O)C4O)C3NC(C)=O)[C@H](O[C@]3(C(=O)O)CC(O)[C@@H](NC(C)=O)C([C@H](O)[C@@H](CO)O[C@]4(C(=O)O)CC(O)[C@@H](NC(C)=O)C([C@H](O)[C@H](O)CO)O4)O3)C2O)[C@H](O)C1O)NC(=O)CCCCCCCCCCCCCCCCCCC. The number of unbranched alkanes of at least 4 members (excludes halogenated alkanes) is 27. The predicted molar refractivity (Wildman–Crippen MR) is 482 cm³/mol. The van der Waals surface area contributed by atoms with Gasteiger partial charge >= 0.3 is 11.9 Å². The van der Waals surface area contributed by atoms with Crippen molar-refractivity contribution in [2.24, 2.45) is 0 Å². The molecule has 48 heteroatoms. The van der Waals surface area contributed by atoms with Crippen molar-refractivity contribution in [3.63, 3.8) is 0 Å². The Labute approximate surface area is 814 Å². The molecule has 39 atom stereocenters. The first-order valence-corrected chi connectivity index (χ1v) is 49.7. The second kappa shape index (κ2) is 61.8. The van der Waals surface area contributed by atoms with Crippen LogP contribution < -0.4 is 21.3 Å². The second-order valence-corrected chi connectivity index (χ2v) is 37.8. The second-order valence-electron chi connectivity index (χ2n) is 37.8. The van der Waals surface area contributed by atoms with Gasteiger partial charge in [-0.3, -0.25) is 19.2 Å². The number of carboxylic acids is 2. The van der Waals surface area contributed by atoms with Gasteiger partial charge in [-0.25, -0.2) is 9.59 Å². The van der Waals surface area contributed by atoms with Crippen molar-refractivity contribution >= 4 is 35.6 Å². The fraction of sp³-hybridized carbons (Fsp3) is 0.913. The number of rotatable bonds is 64. The minimum Gasteiger partial charge on any atom is -0.477 e. The Bertz CT molecular complexity index is 3580. The molecule has 7 rings (SSSR count). The van der Waals surface area contributed by atoms with Crippen molar-refractivity contribution in [1.29, 1.82) is 0 Å². The van der Waals surface area contributed by atoms with E-state index >= 15 is 0 Å². The Morgan fingerprint density at radius 1 is 0.386 bits per heavy atom. The van der Waals surface area contributed by atoms with Gasteiger partial charge in [-0.05, 0) is 19.3 Å². The summed E-state index contributed by atoms with van der Waals surface area (Å²) in [4.78, 5) is 81.1. The third-order valence-electron chi connectivity index (χ3n) is 26.7. The fourth-order valence-electron chi connectivity index (χ4n) is 18.7. The average Bonchev–Trinajstić information content (AvgIpc) is 0.738. The molecule has 7 saturated heterocycles. The number of aliphatic carboxylic acids is 2. The molecule has 140 heavy (non-hydrogen) atoms. The Kier molecular flexibility index (Phi) is 53.9. The van der Waals surface area contributed by atoms with Crippen LogP contribution in [0, 0.1) is 0 Å². The van der Waals surface area contributed by atoms with Crippen LogP contribution >= 0.6 is 0 Å². The van der Waals surface area contributed by atoms with Crippen LogP contribution in [0.25, 0.3) is 0 Å². The number of ether oxygens (including phenoxy) is 14. The van der Waals surface area contributed by atoms with E-state index < -0.39 is 339 Å². The van der Waals surface area contributed by atoms with Crippen molar-refractivity contribution < 1.29 is 218 Å². The molecule has 7 aliphatic rings. The molecule has 28 N–H and O–H groups in total. The maximum Gasteiger partial charge on any atom is 0.364 e. The van der Waals surface area contributed by atoms with Gasteiger partial charge in [-0.2, -0.15) is 0 Å². The van der Waals surface area contributed by atoms with Gasteiger partial charge in [0.1, 0.15) is 159 Å². The maximum absolute atomic E-state index is 14.6. The number of carbonyl (C=O) groups is 6. The molecule has 0 aromatic carbocycles. The van der Waals surface area contributed by atoms with Gasteiger partial charge < -0.3 is 210 Å². The highest BCUT2D eigenvalue weighted by atomic mass is 16.8. The summed E-state index contributed by atoms with van der Waals surface area (Å²) in [6, 6.07) is -7.37. The molecule has 7 heterocycles.